The van der Waals surface area contributed by atoms with Crippen LogP contribution in [0.4, 0.5) is 0 Å². The summed E-state index contributed by atoms with van der Waals surface area (Å²) in [6, 6.07) is 0. The maximum atomic E-state index is 12.9. The Morgan fingerprint density at radius 3 is 1.51 bits per heavy atom. The Labute approximate surface area is 396 Å². The first-order valence-corrected chi connectivity index (χ1v) is 27.6. The SMILES string of the molecule is CCCCC/C=C\C/C=C\C/C=C\CCCCCCCCCOCC(COC1OC(CO)C(O)C(OS(=O)(=O)O)C1O)OC(=O)CCCCCCCCCCCCCCCCCCCC. The van der Waals surface area contributed by atoms with Crippen LogP contribution in [0.15, 0.2) is 36.5 Å². The van der Waals surface area contributed by atoms with Crippen LogP contribution in [-0.4, -0.2) is 97.5 Å². The molecule has 65 heavy (non-hydrogen) atoms. The van der Waals surface area contributed by atoms with Crippen molar-refractivity contribution >= 4 is 16.4 Å². The molecule has 0 aromatic carbocycles. The van der Waals surface area contributed by atoms with Crippen LogP contribution in [0.25, 0.3) is 0 Å². The maximum Gasteiger partial charge on any atom is 0.397 e. The van der Waals surface area contributed by atoms with Crippen molar-refractivity contribution in [3.63, 3.8) is 0 Å². The summed E-state index contributed by atoms with van der Waals surface area (Å²) < 4.78 is 59.3. The Hall–Kier alpha value is -1.68. The van der Waals surface area contributed by atoms with Gasteiger partial charge in [0.2, 0.25) is 0 Å². The number of aliphatic hydroxyl groups is 3. The molecule has 0 aliphatic carbocycles. The molecule has 1 saturated heterocycles. The molecule has 1 rings (SSSR count). The Morgan fingerprint density at radius 2 is 1.02 bits per heavy atom. The summed E-state index contributed by atoms with van der Waals surface area (Å²) in [6.07, 6.45) is 43.1. The molecule has 0 aromatic heterocycles. The van der Waals surface area contributed by atoms with Crippen LogP contribution in [-0.2, 0) is 38.3 Å². The second kappa shape index (κ2) is 43.6. The highest BCUT2D eigenvalue weighted by Gasteiger charge is 2.48. The van der Waals surface area contributed by atoms with Crippen molar-refractivity contribution in [1.29, 1.82) is 0 Å². The number of carbonyl (C=O) groups is 1. The third-order valence-corrected chi connectivity index (χ3v) is 12.5. The van der Waals surface area contributed by atoms with Crippen molar-refractivity contribution in [3.8, 4) is 0 Å². The second-order valence-electron chi connectivity index (χ2n) is 18.1. The molecule has 0 aromatic rings. The minimum Gasteiger partial charge on any atom is -0.457 e. The molecule has 1 fully saturated rings. The van der Waals surface area contributed by atoms with E-state index in [-0.39, 0.29) is 19.6 Å². The quantitative estimate of drug-likeness (QED) is 0.0197. The number of esters is 1. The summed E-state index contributed by atoms with van der Waals surface area (Å²) in [5, 5.41) is 30.8. The molecule has 0 spiro atoms. The van der Waals surface area contributed by atoms with E-state index in [9.17, 15) is 33.1 Å². The minimum absolute atomic E-state index is 0.0319. The molecule has 0 bridgehead atoms. The molecular formula is C52H96O12S. The maximum absolute atomic E-state index is 12.9. The van der Waals surface area contributed by atoms with Gasteiger partial charge in [0.1, 0.15) is 30.5 Å². The Morgan fingerprint density at radius 1 is 0.585 bits per heavy atom. The van der Waals surface area contributed by atoms with E-state index in [1.165, 1.54) is 141 Å². The molecule has 0 radical (unpaired) electrons. The van der Waals surface area contributed by atoms with Gasteiger partial charge in [-0.1, -0.05) is 204 Å². The van der Waals surface area contributed by atoms with E-state index in [4.69, 9.17) is 18.9 Å². The highest BCUT2D eigenvalue weighted by atomic mass is 32.3. The van der Waals surface area contributed by atoms with Crippen molar-refractivity contribution in [3.05, 3.63) is 36.5 Å². The van der Waals surface area contributed by atoms with Crippen LogP contribution >= 0.6 is 0 Å². The summed E-state index contributed by atoms with van der Waals surface area (Å²) >= 11 is 0. The lowest BCUT2D eigenvalue weighted by Crippen LogP contribution is -2.60. The van der Waals surface area contributed by atoms with Gasteiger partial charge in [-0.2, -0.15) is 8.42 Å². The minimum atomic E-state index is -5.07. The number of ether oxygens (including phenoxy) is 4. The lowest BCUT2D eigenvalue weighted by atomic mass is 9.99. The van der Waals surface area contributed by atoms with E-state index in [1.807, 2.05) is 0 Å². The van der Waals surface area contributed by atoms with E-state index in [0.717, 1.165) is 57.8 Å². The second-order valence-corrected chi connectivity index (χ2v) is 19.2. The molecule has 1 aliphatic rings. The fourth-order valence-electron chi connectivity index (χ4n) is 8.03. The number of carbonyl (C=O) groups excluding carboxylic acids is 1. The van der Waals surface area contributed by atoms with Gasteiger partial charge in [-0.3, -0.25) is 9.35 Å². The van der Waals surface area contributed by atoms with Crippen molar-refractivity contribution in [2.45, 2.75) is 263 Å². The molecule has 0 amide bonds. The Kier molecular flexibility index (Phi) is 41.1. The zero-order chi connectivity index (χ0) is 47.5. The van der Waals surface area contributed by atoms with Crippen LogP contribution < -0.4 is 0 Å². The van der Waals surface area contributed by atoms with Crippen LogP contribution in [0.3, 0.4) is 0 Å². The molecule has 6 atom stereocenters. The molecule has 1 heterocycles. The molecule has 1 aliphatic heterocycles. The first-order valence-electron chi connectivity index (χ1n) is 26.2. The predicted octanol–water partition coefficient (Wildman–Crippen LogP) is 12.1. The third kappa shape index (κ3) is 37.0. The molecule has 0 saturated carbocycles. The van der Waals surface area contributed by atoms with Crippen LogP contribution in [0, 0.1) is 0 Å². The predicted molar refractivity (Wildman–Crippen MR) is 262 cm³/mol. The van der Waals surface area contributed by atoms with Gasteiger partial charge >= 0.3 is 16.4 Å². The third-order valence-electron chi connectivity index (χ3n) is 12.0. The summed E-state index contributed by atoms with van der Waals surface area (Å²) in [5.41, 5.74) is 0. The first-order chi connectivity index (χ1) is 31.6. The largest absolute Gasteiger partial charge is 0.457 e. The van der Waals surface area contributed by atoms with E-state index in [1.54, 1.807) is 0 Å². The van der Waals surface area contributed by atoms with E-state index in [0.29, 0.717) is 13.0 Å². The van der Waals surface area contributed by atoms with Gasteiger partial charge in [-0.15, -0.1) is 0 Å². The lowest BCUT2D eigenvalue weighted by molar-refractivity contribution is -0.301. The number of rotatable bonds is 46. The zero-order valence-corrected chi connectivity index (χ0v) is 41.9. The van der Waals surface area contributed by atoms with Gasteiger partial charge in [-0.25, -0.2) is 4.18 Å². The van der Waals surface area contributed by atoms with Gasteiger partial charge in [0.25, 0.3) is 0 Å². The smallest absolute Gasteiger partial charge is 0.397 e. The van der Waals surface area contributed by atoms with Gasteiger partial charge in [-0.05, 0) is 51.4 Å². The van der Waals surface area contributed by atoms with Crippen LogP contribution in [0.1, 0.15) is 226 Å². The highest BCUT2D eigenvalue weighted by molar-refractivity contribution is 7.80. The Balaban J connectivity index is 2.36. The summed E-state index contributed by atoms with van der Waals surface area (Å²) in [5.74, 6) is -0.399. The van der Waals surface area contributed by atoms with E-state index in [2.05, 4.69) is 54.5 Å². The number of aliphatic hydroxyl groups excluding tert-OH is 3. The number of hydrogen-bond donors (Lipinski definition) is 4. The van der Waals surface area contributed by atoms with E-state index < -0.39 is 59.8 Å². The summed E-state index contributed by atoms with van der Waals surface area (Å²) in [4.78, 5) is 12.9. The average molecular weight is 945 g/mol. The molecule has 13 heteroatoms. The van der Waals surface area contributed by atoms with Gasteiger partial charge < -0.3 is 34.3 Å². The monoisotopic (exact) mass is 945 g/mol. The number of unbranched alkanes of at least 4 members (excludes halogenated alkanes) is 27. The van der Waals surface area contributed by atoms with Crippen molar-refractivity contribution in [2.24, 2.45) is 0 Å². The van der Waals surface area contributed by atoms with Crippen molar-refractivity contribution in [2.75, 3.05) is 26.4 Å². The summed E-state index contributed by atoms with van der Waals surface area (Å²) in [7, 11) is -5.07. The normalized spacial score (nSPS) is 19.9. The molecule has 6 unspecified atom stereocenters. The van der Waals surface area contributed by atoms with Gasteiger partial charge in [0.05, 0.1) is 19.8 Å². The fourth-order valence-corrected chi connectivity index (χ4v) is 8.54. The first kappa shape index (κ1) is 61.3. The van der Waals surface area contributed by atoms with Gasteiger partial charge in [0, 0.05) is 13.0 Å². The molecule has 4 N–H and O–H groups in total. The van der Waals surface area contributed by atoms with Gasteiger partial charge in [0.15, 0.2) is 6.29 Å². The summed E-state index contributed by atoms with van der Waals surface area (Å²) in [6.45, 7) is 3.98. The standard InChI is InChI=1S/C52H96O12S/c1-3-5-7-9-11-13-15-17-19-21-23-24-26-28-30-32-34-36-38-40-42-60-44-46(45-61-52-50(56)51(64-65(57,58)59)49(55)47(43-53)63-52)62-48(54)41-39-37-35-33-31-29-27-25-22-20-18-16-14-12-10-8-6-4-2/h11,13,17,19,23-24,46-47,49-53,55-56H,3-10,12,14-16,18,20-22,25-45H2,1-2H3,(H,57,58,59)/b13-11-,19-17-,24-23-. The molecule has 382 valence electrons. The van der Waals surface area contributed by atoms with Crippen LogP contribution in [0.2, 0.25) is 0 Å². The highest BCUT2D eigenvalue weighted by Crippen LogP contribution is 2.26. The van der Waals surface area contributed by atoms with E-state index >= 15 is 0 Å². The van der Waals surface area contributed by atoms with Crippen LogP contribution in [0.5, 0.6) is 0 Å². The van der Waals surface area contributed by atoms with Crippen molar-refractivity contribution < 1.29 is 56.2 Å². The molecule has 12 nitrogen and oxygen atoms in total. The van der Waals surface area contributed by atoms with Crippen molar-refractivity contribution in [1.82, 2.24) is 0 Å². The molecular weight excluding hydrogens is 849 g/mol. The number of allylic oxidation sites excluding steroid dienone is 6. The Bertz CT molecular complexity index is 1270. The number of hydrogen-bond acceptors (Lipinski definition) is 11. The lowest BCUT2D eigenvalue weighted by Gasteiger charge is -2.41. The fraction of sp³-hybridized carbons (Fsp3) is 0.865. The zero-order valence-electron chi connectivity index (χ0n) is 41.1. The topological polar surface area (TPSA) is 178 Å². The average Bonchev–Trinajstić information content (AvgIpc) is 3.28.